The van der Waals surface area contributed by atoms with E-state index in [1.165, 1.54) is 4.68 Å². The van der Waals surface area contributed by atoms with Crippen molar-refractivity contribution in [3.05, 3.63) is 98.6 Å². The predicted molar refractivity (Wildman–Crippen MR) is 112 cm³/mol. The monoisotopic (exact) mass is 389 g/mol. The van der Waals surface area contributed by atoms with Crippen LogP contribution >= 0.6 is 11.3 Å². The highest BCUT2D eigenvalue weighted by molar-refractivity contribution is 7.10. The van der Waals surface area contributed by atoms with Gasteiger partial charge in [-0.2, -0.15) is 5.10 Å². The molecule has 0 saturated heterocycles. The average Bonchev–Trinajstić information content (AvgIpc) is 3.26. The van der Waals surface area contributed by atoms with E-state index in [9.17, 15) is 9.59 Å². The maximum absolute atomic E-state index is 13.0. The number of carbonyl (C=O) groups is 1. The lowest BCUT2D eigenvalue weighted by Crippen LogP contribution is -2.32. The first-order chi connectivity index (χ1) is 13.6. The molecule has 140 valence electrons. The fourth-order valence-corrected chi connectivity index (χ4v) is 3.87. The molecule has 0 unspecified atom stereocenters. The highest BCUT2D eigenvalue weighted by Crippen LogP contribution is 2.20. The molecule has 4 rings (SSSR count). The molecule has 0 aliphatic carbocycles. The lowest BCUT2D eigenvalue weighted by molar-refractivity contribution is 0.0935. The average molecular weight is 389 g/mol. The zero-order chi connectivity index (χ0) is 19.5. The minimum Gasteiger partial charge on any atom is -0.343 e. The SMILES string of the molecule is C[C@H](NC(=O)c1nn(Cc2ccccc2)c(=O)c2ccccc12)c1cccs1. The van der Waals surface area contributed by atoms with Crippen LogP contribution in [0.25, 0.3) is 10.8 Å². The van der Waals surface area contributed by atoms with Gasteiger partial charge in [0.05, 0.1) is 18.0 Å². The van der Waals surface area contributed by atoms with Gasteiger partial charge in [-0.3, -0.25) is 9.59 Å². The molecule has 0 radical (unpaired) electrons. The van der Waals surface area contributed by atoms with Crippen molar-refractivity contribution in [1.29, 1.82) is 0 Å². The number of thiophene rings is 1. The van der Waals surface area contributed by atoms with Crippen LogP contribution in [0.3, 0.4) is 0 Å². The summed E-state index contributed by atoms with van der Waals surface area (Å²) in [6.45, 7) is 2.25. The van der Waals surface area contributed by atoms with Gasteiger partial charge in [0.1, 0.15) is 0 Å². The summed E-state index contributed by atoms with van der Waals surface area (Å²) in [5.41, 5.74) is 1.00. The summed E-state index contributed by atoms with van der Waals surface area (Å²) in [6.07, 6.45) is 0. The third kappa shape index (κ3) is 3.59. The van der Waals surface area contributed by atoms with Crippen LogP contribution < -0.4 is 10.9 Å². The minimum absolute atomic E-state index is 0.137. The van der Waals surface area contributed by atoms with Crippen LogP contribution in [0, 0.1) is 0 Å². The van der Waals surface area contributed by atoms with Crippen molar-refractivity contribution >= 4 is 28.0 Å². The quantitative estimate of drug-likeness (QED) is 0.561. The van der Waals surface area contributed by atoms with Gasteiger partial charge in [-0.25, -0.2) is 4.68 Å². The number of benzene rings is 2. The fraction of sp³-hybridized carbons (Fsp3) is 0.136. The van der Waals surface area contributed by atoms with Crippen LogP contribution in [0.2, 0.25) is 0 Å². The van der Waals surface area contributed by atoms with Crippen LogP contribution in [-0.2, 0) is 6.54 Å². The lowest BCUT2D eigenvalue weighted by Gasteiger charge is -2.14. The van der Waals surface area contributed by atoms with Gasteiger partial charge in [0.15, 0.2) is 5.69 Å². The molecule has 2 aromatic heterocycles. The minimum atomic E-state index is -0.293. The highest BCUT2D eigenvalue weighted by Gasteiger charge is 2.19. The number of rotatable bonds is 5. The second-order valence-electron chi connectivity index (χ2n) is 6.55. The Labute approximate surface area is 166 Å². The number of hydrogen-bond donors (Lipinski definition) is 1. The van der Waals surface area contributed by atoms with E-state index >= 15 is 0 Å². The van der Waals surface area contributed by atoms with Gasteiger partial charge < -0.3 is 5.32 Å². The molecule has 2 aromatic carbocycles. The zero-order valence-electron chi connectivity index (χ0n) is 15.3. The summed E-state index contributed by atoms with van der Waals surface area (Å²) in [5, 5.41) is 10.4. The molecular formula is C22H19N3O2S. The van der Waals surface area contributed by atoms with E-state index in [4.69, 9.17) is 0 Å². The maximum Gasteiger partial charge on any atom is 0.274 e. The van der Waals surface area contributed by atoms with Crippen molar-refractivity contribution in [1.82, 2.24) is 15.1 Å². The van der Waals surface area contributed by atoms with E-state index < -0.39 is 0 Å². The predicted octanol–water partition coefficient (Wildman–Crippen LogP) is 4.00. The van der Waals surface area contributed by atoms with Crippen molar-refractivity contribution in [3.63, 3.8) is 0 Å². The first kappa shape index (κ1) is 18.1. The van der Waals surface area contributed by atoms with Crippen molar-refractivity contribution in [2.45, 2.75) is 19.5 Å². The number of aromatic nitrogens is 2. The number of carbonyl (C=O) groups excluding carboxylic acids is 1. The van der Waals surface area contributed by atoms with E-state index in [2.05, 4.69) is 10.4 Å². The summed E-state index contributed by atoms with van der Waals surface area (Å²) < 4.78 is 1.36. The molecule has 4 aromatic rings. The molecule has 1 atom stereocenters. The van der Waals surface area contributed by atoms with Crippen LogP contribution in [0.4, 0.5) is 0 Å². The topological polar surface area (TPSA) is 64.0 Å². The Morgan fingerprint density at radius 3 is 2.46 bits per heavy atom. The van der Waals surface area contributed by atoms with Crippen LogP contribution in [0.1, 0.15) is 33.9 Å². The molecule has 0 aliphatic heterocycles. The summed E-state index contributed by atoms with van der Waals surface area (Å²) in [5.74, 6) is -0.293. The standard InChI is InChI=1S/C22H19N3O2S/c1-15(19-12-7-13-28-19)23-21(26)20-17-10-5-6-11-18(17)22(27)25(24-20)14-16-8-3-2-4-9-16/h2-13,15H,14H2,1H3,(H,23,26)/t15-/m0/s1. The summed E-state index contributed by atoms with van der Waals surface area (Å²) >= 11 is 1.59. The van der Waals surface area contributed by atoms with Crippen molar-refractivity contribution in [2.75, 3.05) is 0 Å². The Hall–Kier alpha value is -3.25. The van der Waals surface area contributed by atoms with E-state index in [1.807, 2.05) is 60.8 Å². The molecule has 28 heavy (non-hydrogen) atoms. The van der Waals surface area contributed by atoms with Gasteiger partial charge in [-0.1, -0.05) is 54.6 Å². The molecule has 1 N–H and O–H groups in total. The molecular weight excluding hydrogens is 370 g/mol. The largest absolute Gasteiger partial charge is 0.343 e. The van der Waals surface area contributed by atoms with Crippen molar-refractivity contribution in [2.24, 2.45) is 0 Å². The summed E-state index contributed by atoms with van der Waals surface area (Å²) in [4.78, 5) is 26.9. The second-order valence-corrected chi connectivity index (χ2v) is 7.53. The molecule has 2 heterocycles. The summed E-state index contributed by atoms with van der Waals surface area (Å²) in [6, 6.07) is 20.5. The Kier molecular flexibility index (Phi) is 5.04. The van der Waals surface area contributed by atoms with Crippen LogP contribution in [-0.4, -0.2) is 15.7 Å². The number of fused-ring (bicyclic) bond motifs is 1. The Balaban J connectivity index is 1.75. The molecule has 0 aliphatic rings. The van der Waals surface area contributed by atoms with Gasteiger partial charge in [-0.15, -0.1) is 11.3 Å². The van der Waals surface area contributed by atoms with Crippen LogP contribution in [0.15, 0.2) is 76.9 Å². The highest BCUT2D eigenvalue weighted by atomic mass is 32.1. The van der Waals surface area contributed by atoms with Crippen LogP contribution in [0.5, 0.6) is 0 Å². The molecule has 5 nitrogen and oxygen atoms in total. The molecule has 0 bridgehead atoms. The smallest absolute Gasteiger partial charge is 0.274 e. The normalized spacial score (nSPS) is 12.0. The molecule has 0 saturated carbocycles. The summed E-state index contributed by atoms with van der Waals surface area (Å²) in [7, 11) is 0. The Bertz CT molecular complexity index is 1170. The number of nitrogens with one attached hydrogen (secondary N) is 1. The van der Waals surface area contributed by atoms with Gasteiger partial charge in [0.2, 0.25) is 0 Å². The van der Waals surface area contributed by atoms with E-state index in [0.29, 0.717) is 17.3 Å². The lowest BCUT2D eigenvalue weighted by atomic mass is 10.1. The van der Waals surface area contributed by atoms with Crippen molar-refractivity contribution in [3.8, 4) is 0 Å². The first-order valence-electron chi connectivity index (χ1n) is 9.01. The van der Waals surface area contributed by atoms with E-state index in [-0.39, 0.29) is 23.2 Å². The third-order valence-corrected chi connectivity index (χ3v) is 5.63. The zero-order valence-corrected chi connectivity index (χ0v) is 16.1. The van der Waals surface area contributed by atoms with E-state index in [0.717, 1.165) is 10.4 Å². The van der Waals surface area contributed by atoms with E-state index in [1.54, 1.807) is 29.5 Å². The number of amides is 1. The first-order valence-corrected chi connectivity index (χ1v) is 9.89. The fourth-order valence-electron chi connectivity index (χ4n) is 3.14. The Morgan fingerprint density at radius 2 is 1.75 bits per heavy atom. The number of hydrogen-bond acceptors (Lipinski definition) is 4. The van der Waals surface area contributed by atoms with Gasteiger partial charge in [0.25, 0.3) is 11.5 Å². The molecule has 0 fully saturated rings. The van der Waals surface area contributed by atoms with Gasteiger partial charge in [0, 0.05) is 10.3 Å². The molecule has 1 amide bonds. The molecule has 6 heteroatoms. The second kappa shape index (κ2) is 7.78. The van der Waals surface area contributed by atoms with Crippen molar-refractivity contribution < 1.29 is 4.79 Å². The van der Waals surface area contributed by atoms with Gasteiger partial charge in [-0.05, 0) is 30.0 Å². The number of nitrogens with zero attached hydrogens (tertiary/aromatic N) is 2. The Morgan fingerprint density at radius 1 is 1.04 bits per heavy atom. The van der Waals surface area contributed by atoms with Gasteiger partial charge >= 0.3 is 0 Å². The maximum atomic E-state index is 13.0. The third-order valence-electron chi connectivity index (χ3n) is 4.58. The molecule has 0 spiro atoms.